The summed E-state index contributed by atoms with van der Waals surface area (Å²) in [5.41, 5.74) is 0.244. The summed E-state index contributed by atoms with van der Waals surface area (Å²) >= 11 is 0. The summed E-state index contributed by atoms with van der Waals surface area (Å²) in [6, 6.07) is 0. The van der Waals surface area contributed by atoms with E-state index in [4.69, 9.17) is 0 Å². The Morgan fingerprint density at radius 3 is 2.57 bits per heavy atom. The highest BCUT2D eigenvalue weighted by atomic mass is 16.2. The highest BCUT2D eigenvalue weighted by Crippen LogP contribution is 2.59. The van der Waals surface area contributed by atoms with Gasteiger partial charge in [0, 0.05) is 19.0 Å². The first-order valence-electron chi connectivity index (χ1n) is 8.39. The molecule has 2 N–H and O–H groups in total. The Hall–Kier alpha value is -1.10. The molecule has 0 aromatic heterocycles. The van der Waals surface area contributed by atoms with Gasteiger partial charge in [-0.25, -0.2) is 0 Å². The van der Waals surface area contributed by atoms with Crippen molar-refractivity contribution in [3.63, 3.8) is 0 Å². The summed E-state index contributed by atoms with van der Waals surface area (Å²) in [5, 5.41) is 6.22. The Morgan fingerprint density at radius 1 is 1.24 bits per heavy atom. The molecule has 1 spiro atoms. The van der Waals surface area contributed by atoms with E-state index in [0.717, 1.165) is 45.2 Å². The Labute approximate surface area is 127 Å². The van der Waals surface area contributed by atoms with Crippen LogP contribution < -0.4 is 10.6 Å². The van der Waals surface area contributed by atoms with Gasteiger partial charge < -0.3 is 15.5 Å². The molecule has 0 aromatic rings. The third-order valence-electron chi connectivity index (χ3n) is 4.80. The van der Waals surface area contributed by atoms with Crippen LogP contribution in [0.3, 0.4) is 0 Å². The lowest BCUT2D eigenvalue weighted by molar-refractivity contribution is -0.138. The summed E-state index contributed by atoms with van der Waals surface area (Å²) in [6.07, 6.45) is 5.04. The Kier molecular flexibility index (Phi) is 5.62. The molecule has 1 atom stereocenters. The number of nitrogens with zero attached hydrogens (tertiary/aromatic N) is 1. The lowest BCUT2D eigenvalue weighted by Gasteiger charge is -2.26. The van der Waals surface area contributed by atoms with Crippen molar-refractivity contribution in [2.45, 2.75) is 46.0 Å². The minimum Gasteiger partial charge on any atom is -0.355 e. The summed E-state index contributed by atoms with van der Waals surface area (Å²) < 4.78 is 0. The topological polar surface area (TPSA) is 61.4 Å². The smallest absolute Gasteiger partial charge is 0.239 e. The number of carbonyl (C=O) groups is 2. The number of hydrogen-bond acceptors (Lipinski definition) is 3. The first-order chi connectivity index (χ1) is 10.1. The van der Waals surface area contributed by atoms with Gasteiger partial charge in [-0.1, -0.05) is 13.8 Å². The predicted molar refractivity (Wildman–Crippen MR) is 82.8 cm³/mol. The first kappa shape index (κ1) is 16.3. The fourth-order valence-electron chi connectivity index (χ4n) is 3.43. The van der Waals surface area contributed by atoms with Gasteiger partial charge in [0.25, 0.3) is 0 Å². The van der Waals surface area contributed by atoms with E-state index in [1.54, 1.807) is 4.90 Å². The lowest BCUT2D eigenvalue weighted by atomic mass is 9.91. The van der Waals surface area contributed by atoms with Crippen LogP contribution in [0.2, 0.25) is 0 Å². The molecule has 2 amide bonds. The number of piperidine rings is 1. The number of amides is 2. The van der Waals surface area contributed by atoms with Crippen molar-refractivity contribution < 1.29 is 9.59 Å². The molecule has 1 aliphatic heterocycles. The van der Waals surface area contributed by atoms with Crippen LogP contribution in [-0.4, -0.2) is 49.4 Å². The molecule has 1 saturated carbocycles. The minimum absolute atomic E-state index is 0.0290. The Balaban J connectivity index is 1.89. The molecule has 0 radical (unpaired) electrons. The third kappa shape index (κ3) is 3.96. The van der Waals surface area contributed by atoms with Crippen molar-refractivity contribution in [1.82, 2.24) is 15.5 Å². The fraction of sp³-hybridized carbons (Fsp3) is 0.875. The Bertz CT molecular complexity index is 378. The molecule has 1 unspecified atom stereocenters. The molecular formula is C16H29N3O2. The molecule has 5 heteroatoms. The predicted octanol–water partition coefficient (Wildman–Crippen LogP) is 1.14. The molecule has 2 rings (SSSR count). The molecule has 2 aliphatic rings. The zero-order valence-corrected chi connectivity index (χ0v) is 13.4. The molecule has 0 bridgehead atoms. The summed E-state index contributed by atoms with van der Waals surface area (Å²) in [6.45, 7) is 7.72. The van der Waals surface area contributed by atoms with Crippen LogP contribution in [0.1, 0.15) is 46.0 Å². The molecule has 1 heterocycles. The molecule has 21 heavy (non-hydrogen) atoms. The van der Waals surface area contributed by atoms with Gasteiger partial charge in [0.05, 0.1) is 6.54 Å². The Morgan fingerprint density at radius 2 is 1.95 bits per heavy atom. The van der Waals surface area contributed by atoms with Gasteiger partial charge in [0.2, 0.25) is 11.8 Å². The molecule has 2 fully saturated rings. The molecule has 0 aromatic carbocycles. The monoisotopic (exact) mass is 295 g/mol. The van der Waals surface area contributed by atoms with Crippen LogP contribution in [-0.2, 0) is 9.59 Å². The van der Waals surface area contributed by atoms with Gasteiger partial charge in [0.15, 0.2) is 0 Å². The molecule has 5 nitrogen and oxygen atoms in total. The van der Waals surface area contributed by atoms with Crippen molar-refractivity contribution in [3.05, 3.63) is 0 Å². The van der Waals surface area contributed by atoms with Gasteiger partial charge in [-0.15, -0.1) is 0 Å². The van der Waals surface area contributed by atoms with Crippen molar-refractivity contribution in [1.29, 1.82) is 0 Å². The van der Waals surface area contributed by atoms with Gasteiger partial charge in [-0.2, -0.15) is 0 Å². The van der Waals surface area contributed by atoms with Crippen LogP contribution in [0.5, 0.6) is 0 Å². The quantitative estimate of drug-likeness (QED) is 0.740. The first-order valence-corrected chi connectivity index (χ1v) is 8.39. The van der Waals surface area contributed by atoms with Crippen molar-refractivity contribution in [3.8, 4) is 0 Å². The van der Waals surface area contributed by atoms with Gasteiger partial charge in [-0.05, 0) is 50.6 Å². The van der Waals surface area contributed by atoms with E-state index in [1.165, 1.54) is 0 Å². The van der Waals surface area contributed by atoms with E-state index in [1.807, 2.05) is 6.92 Å². The van der Waals surface area contributed by atoms with E-state index in [-0.39, 0.29) is 29.7 Å². The third-order valence-corrected chi connectivity index (χ3v) is 4.80. The summed E-state index contributed by atoms with van der Waals surface area (Å²) in [7, 11) is 0. The highest BCUT2D eigenvalue weighted by Gasteiger charge is 2.58. The van der Waals surface area contributed by atoms with E-state index >= 15 is 0 Å². The minimum atomic E-state index is -0.0290. The molecular weight excluding hydrogens is 266 g/mol. The number of nitrogens with one attached hydrogen (secondary N) is 2. The van der Waals surface area contributed by atoms with Crippen LogP contribution in [0.15, 0.2) is 0 Å². The van der Waals surface area contributed by atoms with Crippen molar-refractivity contribution >= 4 is 11.8 Å². The van der Waals surface area contributed by atoms with Crippen LogP contribution >= 0.6 is 0 Å². The van der Waals surface area contributed by atoms with Gasteiger partial charge in [-0.3, -0.25) is 9.59 Å². The van der Waals surface area contributed by atoms with Crippen LogP contribution in [0, 0.1) is 11.3 Å². The molecule has 1 aliphatic carbocycles. The molecule has 120 valence electrons. The van der Waals surface area contributed by atoms with Crippen molar-refractivity contribution in [2.75, 3.05) is 32.7 Å². The number of rotatable bonds is 7. The van der Waals surface area contributed by atoms with E-state index in [2.05, 4.69) is 17.6 Å². The maximum atomic E-state index is 12.7. The zero-order valence-electron chi connectivity index (χ0n) is 13.4. The summed E-state index contributed by atoms with van der Waals surface area (Å²) in [4.78, 5) is 26.4. The lowest BCUT2D eigenvalue weighted by Crippen LogP contribution is -2.43. The molecule has 1 saturated heterocycles. The maximum absolute atomic E-state index is 12.7. The van der Waals surface area contributed by atoms with Crippen LogP contribution in [0.4, 0.5) is 0 Å². The van der Waals surface area contributed by atoms with Gasteiger partial charge in [0.1, 0.15) is 0 Å². The van der Waals surface area contributed by atoms with E-state index in [9.17, 15) is 9.59 Å². The second kappa shape index (κ2) is 7.25. The maximum Gasteiger partial charge on any atom is 0.239 e. The van der Waals surface area contributed by atoms with Crippen LogP contribution in [0.25, 0.3) is 0 Å². The highest BCUT2D eigenvalue weighted by molar-refractivity contribution is 5.88. The second-order valence-electron chi connectivity index (χ2n) is 6.48. The average molecular weight is 295 g/mol. The SMILES string of the molecule is CCCNC(=O)CN(CCC)C(=O)C1CC12CCNCC2. The number of hydrogen-bond donors (Lipinski definition) is 2. The normalized spacial score (nSPS) is 22.9. The van der Waals surface area contributed by atoms with E-state index in [0.29, 0.717) is 13.1 Å². The fourth-order valence-corrected chi connectivity index (χ4v) is 3.43. The van der Waals surface area contributed by atoms with Crippen molar-refractivity contribution in [2.24, 2.45) is 11.3 Å². The van der Waals surface area contributed by atoms with E-state index < -0.39 is 0 Å². The zero-order chi connectivity index (χ0) is 15.3. The summed E-state index contributed by atoms with van der Waals surface area (Å²) in [5.74, 6) is 0.328. The largest absolute Gasteiger partial charge is 0.355 e. The second-order valence-corrected chi connectivity index (χ2v) is 6.48. The number of carbonyl (C=O) groups excluding carboxylic acids is 2. The standard InChI is InChI=1S/C16H29N3O2/c1-3-7-18-14(20)12-19(10-4-2)15(21)13-11-16(13)5-8-17-9-6-16/h13,17H,3-12H2,1-2H3,(H,18,20). The average Bonchev–Trinajstić information content (AvgIpc) is 3.18. The van der Waals surface area contributed by atoms with Gasteiger partial charge >= 0.3 is 0 Å².